The van der Waals surface area contributed by atoms with E-state index in [0.717, 1.165) is 12.2 Å². The van der Waals surface area contributed by atoms with Gasteiger partial charge < -0.3 is 9.64 Å². The third-order valence-corrected chi connectivity index (χ3v) is 2.62. The van der Waals surface area contributed by atoms with Gasteiger partial charge in [0.15, 0.2) is 0 Å². The Kier molecular flexibility index (Phi) is 5.33. The number of hydrogen-bond donors (Lipinski definition) is 0. The molecular formula is C12H18N4O2. The molecule has 18 heavy (non-hydrogen) atoms. The Labute approximate surface area is 106 Å². The lowest BCUT2D eigenvalue weighted by Crippen LogP contribution is -2.27. The third-order valence-electron chi connectivity index (χ3n) is 2.62. The maximum absolute atomic E-state index is 11.8. The van der Waals surface area contributed by atoms with Crippen molar-refractivity contribution < 1.29 is 4.74 Å². The van der Waals surface area contributed by atoms with E-state index >= 15 is 0 Å². The number of rotatable bonds is 6. The van der Waals surface area contributed by atoms with Crippen LogP contribution in [0.2, 0.25) is 0 Å². The topological polar surface area (TPSA) is 71.2 Å². The first kappa shape index (κ1) is 14.2. The van der Waals surface area contributed by atoms with E-state index in [0.29, 0.717) is 13.2 Å². The Bertz CT molecular complexity index is 478. The molecule has 0 aromatic carbocycles. The highest BCUT2D eigenvalue weighted by Gasteiger charge is 2.04. The molecule has 0 aliphatic rings. The lowest BCUT2D eigenvalue weighted by Gasteiger charge is -2.16. The van der Waals surface area contributed by atoms with Gasteiger partial charge in [0.2, 0.25) is 0 Å². The van der Waals surface area contributed by atoms with E-state index in [-0.39, 0.29) is 5.56 Å². The molecular weight excluding hydrogens is 232 g/mol. The molecule has 6 heteroatoms. The van der Waals surface area contributed by atoms with Gasteiger partial charge in [0, 0.05) is 19.7 Å². The first-order chi connectivity index (χ1) is 8.58. The van der Waals surface area contributed by atoms with Crippen LogP contribution < -0.4 is 10.5 Å². The van der Waals surface area contributed by atoms with E-state index in [9.17, 15) is 4.79 Å². The Balaban J connectivity index is 2.64. The maximum atomic E-state index is 11.8. The zero-order valence-electron chi connectivity index (χ0n) is 11.0. The molecule has 0 saturated carbocycles. The van der Waals surface area contributed by atoms with Gasteiger partial charge in [-0.05, 0) is 13.8 Å². The van der Waals surface area contributed by atoms with Crippen molar-refractivity contribution in [3.8, 4) is 6.07 Å². The van der Waals surface area contributed by atoms with Crippen molar-refractivity contribution >= 4 is 5.69 Å². The minimum absolute atomic E-state index is 0.166. The molecule has 0 N–H and O–H groups in total. The highest BCUT2D eigenvalue weighted by atomic mass is 16.5. The summed E-state index contributed by atoms with van der Waals surface area (Å²) in [7, 11) is 1.90. The van der Waals surface area contributed by atoms with Crippen molar-refractivity contribution in [2.45, 2.75) is 26.5 Å². The summed E-state index contributed by atoms with van der Waals surface area (Å²) in [5, 5.41) is 12.6. The molecule has 6 nitrogen and oxygen atoms in total. The van der Waals surface area contributed by atoms with Gasteiger partial charge >= 0.3 is 0 Å². The quantitative estimate of drug-likeness (QED) is 0.740. The van der Waals surface area contributed by atoms with E-state index in [4.69, 9.17) is 10.00 Å². The molecule has 0 amide bonds. The fraction of sp³-hybridized carbons (Fsp3) is 0.583. The van der Waals surface area contributed by atoms with Gasteiger partial charge in [-0.2, -0.15) is 10.4 Å². The number of ether oxygens (including phenoxy) is 1. The highest BCUT2D eigenvalue weighted by Crippen LogP contribution is 2.05. The van der Waals surface area contributed by atoms with Crippen LogP contribution in [-0.2, 0) is 11.3 Å². The lowest BCUT2D eigenvalue weighted by molar-refractivity contribution is 0.0922. The highest BCUT2D eigenvalue weighted by molar-refractivity contribution is 5.41. The molecule has 0 aliphatic carbocycles. The zero-order chi connectivity index (χ0) is 13.5. The number of aromatic nitrogens is 2. The summed E-state index contributed by atoms with van der Waals surface area (Å²) in [5.41, 5.74) is 0.631. The SMILES string of the molecule is CCN(C)c1cnn(CCOC(C)C#N)c(=O)c1. The number of hydrogen-bond acceptors (Lipinski definition) is 5. The van der Waals surface area contributed by atoms with Crippen LogP contribution in [0.5, 0.6) is 0 Å². The fourth-order valence-corrected chi connectivity index (χ4v) is 1.34. The molecule has 1 atom stereocenters. The Morgan fingerprint density at radius 1 is 1.67 bits per heavy atom. The van der Waals surface area contributed by atoms with Crippen molar-refractivity contribution in [1.29, 1.82) is 5.26 Å². The molecule has 1 aromatic rings. The molecule has 0 fully saturated rings. The summed E-state index contributed by atoms with van der Waals surface area (Å²) in [4.78, 5) is 13.7. The van der Waals surface area contributed by atoms with Crippen molar-refractivity contribution in [1.82, 2.24) is 9.78 Å². The Hall–Kier alpha value is -1.87. The van der Waals surface area contributed by atoms with Gasteiger partial charge in [0.1, 0.15) is 6.10 Å². The maximum Gasteiger partial charge on any atom is 0.268 e. The third kappa shape index (κ3) is 3.86. The first-order valence-electron chi connectivity index (χ1n) is 5.88. The lowest BCUT2D eigenvalue weighted by atomic mass is 10.4. The van der Waals surface area contributed by atoms with Crippen molar-refractivity contribution in [3.05, 3.63) is 22.6 Å². The van der Waals surface area contributed by atoms with Crippen molar-refractivity contribution in [2.24, 2.45) is 0 Å². The average Bonchev–Trinajstić information content (AvgIpc) is 2.39. The molecule has 98 valence electrons. The number of anilines is 1. The Morgan fingerprint density at radius 3 is 2.94 bits per heavy atom. The molecule has 1 heterocycles. The zero-order valence-corrected chi connectivity index (χ0v) is 11.0. The summed E-state index contributed by atoms with van der Waals surface area (Å²) >= 11 is 0. The van der Waals surface area contributed by atoms with Gasteiger partial charge in [-0.1, -0.05) is 0 Å². The molecule has 1 aromatic heterocycles. The molecule has 0 bridgehead atoms. The smallest absolute Gasteiger partial charge is 0.268 e. The molecule has 0 aliphatic heterocycles. The standard InChI is InChI=1S/C12H18N4O2/c1-4-15(3)11-7-12(17)16(14-9-11)5-6-18-10(2)8-13/h7,9-10H,4-6H2,1-3H3. The summed E-state index contributed by atoms with van der Waals surface area (Å²) in [6.45, 7) is 5.12. The van der Waals surface area contributed by atoms with Gasteiger partial charge in [0.25, 0.3) is 5.56 Å². The number of nitriles is 1. The van der Waals surface area contributed by atoms with E-state index < -0.39 is 6.10 Å². The van der Waals surface area contributed by atoms with E-state index in [1.807, 2.05) is 24.9 Å². The van der Waals surface area contributed by atoms with Crippen LogP contribution >= 0.6 is 0 Å². The summed E-state index contributed by atoms with van der Waals surface area (Å²) in [6, 6.07) is 3.51. The van der Waals surface area contributed by atoms with Gasteiger partial charge in [-0.25, -0.2) is 4.68 Å². The second kappa shape index (κ2) is 6.77. The molecule has 0 radical (unpaired) electrons. The van der Waals surface area contributed by atoms with Crippen LogP contribution in [-0.4, -0.2) is 36.1 Å². The number of nitrogens with zero attached hydrogens (tertiary/aromatic N) is 4. The minimum atomic E-state index is -0.466. The minimum Gasteiger partial charge on any atom is -0.373 e. The van der Waals surface area contributed by atoms with E-state index in [1.54, 1.807) is 19.2 Å². The summed E-state index contributed by atoms with van der Waals surface area (Å²) in [5.74, 6) is 0. The monoisotopic (exact) mass is 250 g/mol. The van der Waals surface area contributed by atoms with Gasteiger partial charge in [0.05, 0.1) is 31.1 Å². The second-order valence-corrected chi connectivity index (χ2v) is 3.93. The first-order valence-corrected chi connectivity index (χ1v) is 5.88. The molecule has 1 unspecified atom stereocenters. The van der Waals surface area contributed by atoms with Crippen molar-refractivity contribution in [2.75, 3.05) is 25.1 Å². The van der Waals surface area contributed by atoms with Crippen LogP contribution in [0.1, 0.15) is 13.8 Å². The molecule has 0 saturated heterocycles. The average molecular weight is 250 g/mol. The predicted octanol–water partition coefficient (Wildman–Crippen LogP) is 0.628. The van der Waals surface area contributed by atoms with Gasteiger partial charge in [-0.3, -0.25) is 4.79 Å². The fourth-order valence-electron chi connectivity index (χ4n) is 1.34. The largest absolute Gasteiger partial charge is 0.373 e. The summed E-state index contributed by atoms with van der Waals surface area (Å²) < 4.78 is 6.51. The molecule has 0 spiro atoms. The van der Waals surface area contributed by atoms with Crippen LogP contribution in [0.25, 0.3) is 0 Å². The van der Waals surface area contributed by atoms with Gasteiger partial charge in [-0.15, -0.1) is 0 Å². The molecule has 1 rings (SSSR count). The van der Waals surface area contributed by atoms with Crippen LogP contribution in [0, 0.1) is 11.3 Å². The van der Waals surface area contributed by atoms with Crippen molar-refractivity contribution in [3.63, 3.8) is 0 Å². The van der Waals surface area contributed by atoms with Crippen LogP contribution in [0.4, 0.5) is 5.69 Å². The normalized spacial score (nSPS) is 11.9. The second-order valence-electron chi connectivity index (χ2n) is 3.93. The van der Waals surface area contributed by atoms with E-state index in [1.165, 1.54) is 4.68 Å². The summed E-state index contributed by atoms with van der Waals surface area (Å²) in [6.07, 6.45) is 1.18. The van der Waals surface area contributed by atoms with Crippen LogP contribution in [0.3, 0.4) is 0 Å². The Morgan fingerprint density at radius 2 is 2.39 bits per heavy atom. The van der Waals surface area contributed by atoms with Crippen LogP contribution in [0.15, 0.2) is 17.1 Å². The predicted molar refractivity (Wildman–Crippen MR) is 68.5 cm³/mol. The van der Waals surface area contributed by atoms with E-state index in [2.05, 4.69) is 5.10 Å².